The van der Waals surface area contributed by atoms with Crippen molar-refractivity contribution in [1.29, 1.82) is 0 Å². The summed E-state index contributed by atoms with van der Waals surface area (Å²) < 4.78 is 11.1. The number of hydrogen-bond donors (Lipinski definition) is 0. The first kappa shape index (κ1) is 9.76. The monoisotopic (exact) mass is 185 g/mol. The number of nitrogens with zero attached hydrogens (tertiary/aromatic N) is 1. The minimum absolute atomic E-state index is 0.431. The van der Waals surface area contributed by atoms with E-state index in [2.05, 4.69) is 23.7 Å². The minimum Gasteiger partial charge on any atom is -0.288 e. The lowest BCUT2D eigenvalue weighted by atomic mass is 10.3. The van der Waals surface area contributed by atoms with Crippen molar-refractivity contribution in [2.75, 3.05) is 24.6 Å². The summed E-state index contributed by atoms with van der Waals surface area (Å²) in [6, 6.07) is 0.431. The van der Waals surface area contributed by atoms with Gasteiger partial charge in [0.15, 0.2) is 0 Å². The van der Waals surface area contributed by atoms with Gasteiger partial charge in [-0.15, -0.1) is 5.92 Å². The number of hydrogen-bond acceptors (Lipinski definition) is 2. The van der Waals surface area contributed by atoms with E-state index in [1.165, 1.54) is 0 Å². The quantitative estimate of drug-likeness (QED) is 0.553. The van der Waals surface area contributed by atoms with Gasteiger partial charge in [0, 0.05) is 34.9 Å². The second kappa shape index (κ2) is 4.64. The fourth-order valence-corrected chi connectivity index (χ4v) is 2.67. The zero-order valence-electron chi connectivity index (χ0n) is 7.67. The zero-order valence-corrected chi connectivity index (χ0v) is 8.49. The van der Waals surface area contributed by atoms with Gasteiger partial charge in [0.05, 0.1) is 6.54 Å². The van der Waals surface area contributed by atoms with Crippen LogP contribution in [0.15, 0.2) is 0 Å². The number of rotatable bonds is 1. The predicted octanol–water partition coefficient (Wildman–Crippen LogP) is 0.463. The van der Waals surface area contributed by atoms with Crippen LogP contribution < -0.4 is 0 Å². The van der Waals surface area contributed by atoms with Crippen LogP contribution in [-0.2, 0) is 10.8 Å². The third-order valence-electron chi connectivity index (χ3n) is 2.12. The minimum atomic E-state index is -0.586. The first-order valence-corrected chi connectivity index (χ1v) is 5.71. The highest BCUT2D eigenvalue weighted by molar-refractivity contribution is 7.85. The highest BCUT2D eigenvalue weighted by Gasteiger charge is 2.21. The molecule has 2 atom stereocenters. The topological polar surface area (TPSA) is 20.3 Å². The van der Waals surface area contributed by atoms with E-state index in [9.17, 15) is 4.21 Å². The van der Waals surface area contributed by atoms with Gasteiger partial charge >= 0.3 is 0 Å². The molecular formula is C9H15NOS. The molecule has 1 fully saturated rings. The Morgan fingerprint density at radius 3 is 3.00 bits per heavy atom. The SMILES string of the molecule is CC#CCN1CCS(=O)CC1C. The molecule has 1 aliphatic heterocycles. The van der Waals surface area contributed by atoms with Gasteiger partial charge in [-0.3, -0.25) is 9.11 Å². The molecule has 0 aromatic carbocycles. The summed E-state index contributed by atoms with van der Waals surface area (Å²) in [4.78, 5) is 2.29. The molecule has 2 nitrogen and oxygen atoms in total. The Labute approximate surface area is 76.8 Å². The van der Waals surface area contributed by atoms with Crippen LogP contribution in [0, 0.1) is 11.8 Å². The summed E-state index contributed by atoms with van der Waals surface area (Å²) in [7, 11) is -0.586. The van der Waals surface area contributed by atoms with Crippen LogP contribution in [0.2, 0.25) is 0 Å². The van der Waals surface area contributed by atoms with Crippen LogP contribution in [0.4, 0.5) is 0 Å². The van der Waals surface area contributed by atoms with Gasteiger partial charge in [-0.1, -0.05) is 5.92 Å². The Hall–Kier alpha value is -0.330. The molecule has 68 valence electrons. The van der Waals surface area contributed by atoms with Crippen molar-refractivity contribution in [3.63, 3.8) is 0 Å². The van der Waals surface area contributed by atoms with Crippen LogP contribution in [-0.4, -0.2) is 39.7 Å². The molecule has 12 heavy (non-hydrogen) atoms. The van der Waals surface area contributed by atoms with Crippen molar-refractivity contribution in [1.82, 2.24) is 4.90 Å². The van der Waals surface area contributed by atoms with Crippen LogP contribution >= 0.6 is 0 Å². The van der Waals surface area contributed by atoms with Crippen molar-refractivity contribution in [2.45, 2.75) is 19.9 Å². The lowest BCUT2D eigenvalue weighted by molar-refractivity contribution is 0.259. The van der Waals surface area contributed by atoms with E-state index in [0.29, 0.717) is 6.04 Å². The Balaban J connectivity index is 2.43. The summed E-state index contributed by atoms with van der Waals surface area (Å²) in [5, 5.41) is 0. The molecule has 0 radical (unpaired) electrons. The zero-order chi connectivity index (χ0) is 8.97. The first-order chi connectivity index (χ1) is 5.74. The molecule has 0 aliphatic carbocycles. The third kappa shape index (κ3) is 2.62. The molecule has 1 heterocycles. The third-order valence-corrected chi connectivity index (χ3v) is 3.61. The Bertz CT molecular complexity index is 228. The second-order valence-corrected chi connectivity index (χ2v) is 4.68. The molecule has 2 unspecified atom stereocenters. The molecule has 1 saturated heterocycles. The predicted molar refractivity (Wildman–Crippen MR) is 52.4 cm³/mol. The Morgan fingerprint density at radius 2 is 2.42 bits per heavy atom. The van der Waals surface area contributed by atoms with Gasteiger partial charge in [-0.2, -0.15) is 0 Å². The van der Waals surface area contributed by atoms with Crippen molar-refractivity contribution >= 4 is 10.8 Å². The van der Waals surface area contributed by atoms with Crippen molar-refractivity contribution in [3.05, 3.63) is 0 Å². The molecular weight excluding hydrogens is 170 g/mol. The van der Waals surface area contributed by atoms with Gasteiger partial charge in [0.25, 0.3) is 0 Å². The average molecular weight is 185 g/mol. The van der Waals surface area contributed by atoms with Crippen LogP contribution in [0.3, 0.4) is 0 Å². The summed E-state index contributed by atoms with van der Waals surface area (Å²) >= 11 is 0. The van der Waals surface area contributed by atoms with Gasteiger partial charge in [0.2, 0.25) is 0 Å². The maximum absolute atomic E-state index is 11.1. The summed E-state index contributed by atoms with van der Waals surface area (Å²) in [6.07, 6.45) is 0. The maximum atomic E-state index is 11.1. The maximum Gasteiger partial charge on any atom is 0.0604 e. The highest BCUT2D eigenvalue weighted by Crippen LogP contribution is 2.07. The van der Waals surface area contributed by atoms with Crippen LogP contribution in [0.25, 0.3) is 0 Å². The van der Waals surface area contributed by atoms with Gasteiger partial charge in [-0.05, 0) is 13.8 Å². The van der Waals surface area contributed by atoms with E-state index < -0.39 is 10.8 Å². The normalized spacial score (nSPS) is 30.8. The summed E-state index contributed by atoms with van der Waals surface area (Å²) in [5.41, 5.74) is 0. The molecule has 0 aromatic heterocycles. The molecule has 0 aromatic rings. The summed E-state index contributed by atoms with van der Waals surface area (Å²) in [6.45, 7) is 5.73. The molecule has 0 N–H and O–H groups in total. The van der Waals surface area contributed by atoms with Crippen molar-refractivity contribution < 1.29 is 4.21 Å². The molecule has 0 saturated carbocycles. The molecule has 0 spiro atoms. The Morgan fingerprint density at radius 1 is 1.67 bits per heavy atom. The van der Waals surface area contributed by atoms with Gasteiger partial charge < -0.3 is 0 Å². The lowest BCUT2D eigenvalue weighted by Gasteiger charge is -2.30. The first-order valence-electron chi connectivity index (χ1n) is 4.22. The van der Waals surface area contributed by atoms with E-state index in [4.69, 9.17) is 0 Å². The molecule has 3 heteroatoms. The highest BCUT2D eigenvalue weighted by atomic mass is 32.2. The average Bonchev–Trinajstić information content (AvgIpc) is 2.03. The van der Waals surface area contributed by atoms with E-state index in [-0.39, 0.29) is 0 Å². The largest absolute Gasteiger partial charge is 0.288 e. The molecule has 1 rings (SSSR count). The fraction of sp³-hybridized carbons (Fsp3) is 0.778. The smallest absolute Gasteiger partial charge is 0.0604 e. The van der Waals surface area contributed by atoms with E-state index in [1.807, 2.05) is 6.92 Å². The van der Waals surface area contributed by atoms with Crippen molar-refractivity contribution in [2.24, 2.45) is 0 Å². The van der Waals surface area contributed by atoms with Gasteiger partial charge in [0.1, 0.15) is 0 Å². The van der Waals surface area contributed by atoms with Gasteiger partial charge in [-0.25, -0.2) is 0 Å². The standard InChI is InChI=1S/C9H15NOS/c1-3-4-5-10-6-7-12(11)8-9(10)2/h9H,5-8H2,1-2H3. The molecule has 1 aliphatic rings. The van der Waals surface area contributed by atoms with E-state index in [0.717, 1.165) is 24.6 Å². The lowest BCUT2D eigenvalue weighted by Crippen LogP contribution is -2.44. The van der Waals surface area contributed by atoms with E-state index in [1.54, 1.807) is 0 Å². The van der Waals surface area contributed by atoms with E-state index >= 15 is 0 Å². The Kier molecular flexibility index (Phi) is 3.77. The molecule has 0 amide bonds. The summed E-state index contributed by atoms with van der Waals surface area (Å²) in [5.74, 6) is 7.55. The molecule has 0 bridgehead atoms. The van der Waals surface area contributed by atoms with Crippen molar-refractivity contribution in [3.8, 4) is 11.8 Å². The van der Waals surface area contributed by atoms with Crippen LogP contribution in [0.1, 0.15) is 13.8 Å². The van der Waals surface area contributed by atoms with Crippen LogP contribution in [0.5, 0.6) is 0 Å². The second-order valence-electron chi connectivity index (χ2n) is 3.06. The fourth-order valence-electron chi connectivity index (χ4n) is 1.31.